The lowest BCUT2D eigenvalue weighted by atomic mass is 10.2. The topological polar surface area (TPSA) is 124 Å². The van der Waals surface area contributed by atoms with E-state index >= 15 is 0 Å². The van der Waals surface area contributed by atoms with E-state index in [0.717, 1.165) is 11.1 Å². The van der Waals surface area contributed by atoms with Gasteiger partial charge < -0.3 is 40.1 Å². The van der Waals surface area contributed by atoms with Crippen LogP contribution in [0.15, 0.2) is 60.7 Å². The minimum atomic E-state index is -0.568. The van der Waals surface area contributed by atoms with Crippen molar-refractivity contribution in [1.29, 1.82) is 0 Å². The molecule has 2 aromatic rings. The van der Waals surface area contributed by atoms with Crippen LogP contribution in [-0.4, -0.2) is 93.9 Å². The summed E-state index contributed by atoms with van der Waals surface area (Å²) in [7, 11) is 0. The minimum Gasteiger partial charge on any atom is -0.444 e. The summed E-state index contributed by atoms with van der Waals surface area (Å²) in [6, 6.07) is 19.7. The Bertz CT molecular complexity index is 1030. The van der Waals surface area contributed by atoms with E-state index in [4.69, 9.17) is 9.47 Å². The van der Waals surface area contributed by atoms with E-state index in [9.17, 15) is 19.8 Å². The van der Waals surface area contributed by atoms with E-state index in [0.29, 0.717) is 39.3 Å². The number of likely N-dealkylation sites (tertiary alicyclic amines) is 2. The maximum Gasteiger partial charge on any atom is 0.410 e. The molecule has 10 heteroatoms. The third-order valence-corrected chi connectivity index (χ3v) is 6.70. The number of ether oxygens (including phenoxy) is 2. The van der Waals surface area contributed by atoms with Gasteiger partial charge in [0.05, 0.1) is 37.4 Å². The third kappa shape index (κ3) is 11.2. The van der Waals surface area contributed by atoms with E-state index in [-0.39, 0.29) is 24.3 Å². The van der Waals surface area contributed by atoms with Crippen molar-refractivity contribution in [2.24, 2.45) is 0 Å². The van der Waals surface area contributed by atoms with Crippen molar-refractivity contribution in [3.63, 3.8) is 0 Å². The summed E-state index contributed by atoms with van der Waals surface area (Å²) in [6.45, 7) is 13.9. The van der Waals surface area contributed by atoms with Crippen LogP contribution in [0.1, 0.15) is 52.7 Å². The van der Waals surface area contributed by atoms with Gasteiger partial charge in [-0.3, -0.25) is 0 Å². The Balaban J connectivity index is 0.000000230. The van der Waals surface area contributed by atoms with Crippen LogP contribution < -0.4 is 10.6 Å². The first-order valence-electron chi connectivity index (χ1n) is 14.6. The fraction of sp³-hybridized carbons (Fsp3) is 0.562. The molecule has 2 heterocycles. The number of aliphatic hydroxyl groups excluding tert-OH is 2. The van der Waals surface area contributed by atoms with Gasteiger partial charge in [0.15, 0.2) is 0 Å². The summed E-state index contributed by atoms with van der Waals surface area (Å²) >= 11 is 0. The molecular weight excluding hydrogens is 536 g/mol. The van der Waals surface area contributed by atoms with Crippen molar-refractivity contribution in [1.82, 2.24) is 20.4 Å². The van der Waals surface area contributed by atoms with Gasteiger partial charge in [-0.1, -0.05) is 60.7 Å². The first-order chi connectivity index (χ1) is 19.7. The second kappa shape index (κ2) is 14.8. The molecule has 0 unspecified atom stereocenters. The van der Waals surface area contributed by atoms with E-state index in [1.165, 1.54) is 0 Å². The lowest BCUT2D eigenvalue weighted by molar-refractivity contribution is 0.0261. The van der Waals surface area contributed by atoms with Gasteiger partial charge in [0.25, 0.3) is 0 Å². The second-order valence-electron chi connectivity index (χ2n) is 12.9. The normalized spacial score (nSPS) is 22.4. The molecule has 42 heavy (non-hydrogen) atoms. The van der Waals surface area contributed by atoms with E-state index in [1.807, 2.05) is 102 Å². The number of rotatable bonds is 6. The lowest BCUT2D eigenvalue weighted by Gasteiger charge is -2.24. The summed E-state index contributed by atoms with van der Waals surface area (Å²) < 4.78 is 10.7. The molecule has 0 bridgehead atoms. The maximum atomic E-state index is 12.0. The standard InChI is InChI=1S/2C16H24N2O3/c2*1-16(2,3)21-15(20)18-10-13(14(19)11-18)17-9-12-7-5-4-6-8-12/h2*4-8,13-14,17,19H,9-11H2,1-3H3/t2*13-,14-/m11/s1. The number of nitrogens with one attached hydrogen (secondary N) is 2. The zero-order chi connectivity index (χ0) is 30.9. The van der Waals surface area contributed by atoms with Crippen LogP contribution in [0.2, 0.25) is 0 Å². The van der Waals surface area contributed by atoms with Crippen LogP contribution in [0.5, 0.6) is 0 Å². The highest BCUT2D eigenvalue weighted by Gasteiger charge is 2.37. The molecule has 0 aliphatic carbocycles. The smallest absolute Gasteiger partial charge is 0.410 e. The number of benzene rings is 2. The number of carbonyl (C=O) groups excluding carboxylic acids is 2. The van der Waals surface area contributed by atoms with Crippen molar-refractivity contribution >= 4 is 12.2 Å². The number of nitrogens with zero attached hydrogens (tertiary/aromatic N) is 2. The Morgan fingerprint density at radius 3 is 1.31 bits per heavy atom. The molecule has 2 aliphatic heterocycles. The molecule has 2 saturated heterocycles. The Labute approximate surface area is 250 Å². The number of β-amino-alcohol motifs (C(OH)–C–C–N with tert-alkyl or cyclic N) is 2. The van der Waals surface area contributed by atoms with Crippen molar-refractivity contribution in [3.05, 3.63) is 71.8 Å². The van der Waals surface area contributed by atoms with E-state index in [1.54, 1.807) is 9.80 Å². The molecule has 4 atom stereocenters. The Kier molecular flexibility index (Phi) is 11.8. The van der Waals surface area contributed by atoms with Crippen molar-refractivity contribution in [2.45, 2.75) is 90.1 Å². The Hall–Kier alpha value is -3.18. The maximum absolute atomic E-state index is 12.0. The molecular formula is C32H48N4O6. The summed E-state index contributed by atoms with van der Waals surface area (Å²) in [5.41, 5.74) is 1.27. The van der Waals surface area contributed by atoms with Crippen LogP contribution in [0.3, 0.4) is 0 Å². The molecule has 10 nitrogen and oxygen atoms in total. The van der Waals surface area contributed by atoms with Crippen LogP contribution in [-0.2, 0) is 22.6 Å². The monoisotopic (exact) mass is 584 g/mol. The molecule has 0 radical (unpaired) electrons. The number of amides is 2. The van der Waals surface area contributed by atoms with Crippen molar-refractivity contribution < 1.29 is 29.3 Å². The molecule has 0 saturated carbocycles. The second-order valence-corrected chi connectivity index (χ2v) is 12.9. The predicted molar refractivity (Wildman–Crippen MR) is 162 cm³/mol. The number of carbonyl (C=O) groups is 2. The quantitative estimate of drug-likeness (QED) is 0.407. The summed E-state index contributed by atoms with van der Waals surface area (Å²) in [5, 5.41) is 26.7. The molecule has 0 spiro atoms. The highest BCUT2D eigenvalue weighted by atomic mass is 16.6. The van der Waals surface area contributed by atoms with Gasteiger partial charge in [-0.25, -0.2) is 9.59 Å². The SMILES string of the molecule is CC(C)(C)OC(=O)N1C[C@@H](O)[C@H](NCc2ccccc2)C1.CC(C)(C)OC(=O)N1C[C@@H](O)[C@H](NCc2ccccc2)C1. The highest BCUT2D eigenvalue weighted by molar-refractivity contribution is 5.69. The van der Waals surface area contributed by atoms with Crippen LogP contribution in [0, 0.1) is 0 Å². The van der Waals surface area contributed by atoms with Gasteiger partial charge in [0, 0.05) is 26.2 Å². The van der Waals surface area contributed by atoms with E-state index in [2.05, 4.69) is 10.6 Å². The minimum absolute atomic E-state index is 0.127. The molecule has 2 aromatic carbocycles. The van der Waals surface area contributed by atoms with Gasteiger partial charge in [0.1, 0.15) is 11.2 Å². The summed E-state index contributed by atoms with van der Waals surface area (Å²) in [6.07, 6.45) is -1.88. The molecule has 2 fully saturated rings. The average molecular weight is 585 g/mol. The number of hydrogen-bond donors (Lipinski definition) is 4. The predicted octanol–water partition coefficient (Wildman–Crippen LogP) is 3.51. The van der Waals surface area contributed by atoms with Crippen LogP contribution in [0.4, 0.5) is 9.59 Å². The first kappa shape index (κ1) is 33.3. The lowest BCUT2D eigenvalue weighted by Crippen LogP contribution is -2.39. The van der Waals surface area contributed by atoms with Crippen molar-refractivity contribution in [2.75, 3.05) is 26.2 Å². The van der Waals surface area contributed by atoms with Crippen molar-refractivity contribution in [3.8, 4) is 0 Å². The van der Waals surface area contributed by atoms with Crippen LogP contribution >= 0.6 is 0 Å². The largest absolute Gasteiger partial charge is 0.444 e. The Morgan fingerprint density at radius 2 is 1.00 bits per heavy atom. The Morgan fingerprint density at radius 1 is 0.667 bits per heavy atom. The summed E-state index contributed by atoms with van der Waals surface area (Å²) in [4.78, 5) is 27.1. The molecule has 2 aliphatic rings. The number of hydrogen-bond acceptors (Lipinski definition) is 8. The number of aliphatic hydroxyl groups is 2. The molecule has 0 aromatic heterocycles. The van der Waals surface area contributed by atoms with Gasteiger partial charge in [0.2, 0.25) is 0 Å². The third-order valence-electron chi connectivity index (χ3n) is 6.70. The fourth-order valence-electron chi connectivity index (χ4n) is 4.62. The average Bonchev–Trinajstić information content (AvgIpc) is 3.48. The first-order valence-corrected chi connectivity index (χ1v) is 14.6. The molecule has 232 valence electrons. The van der Waals surface area contributed by atoms with Gasteiger partial charge in [-0.2, -0.15) is 0 Å². The van der Waals surface area contributed by atoms with E-state index < -0.39 is 23.4 Å². The fourth-order valence-corrected chi connectivity index (χ4v) is 4.62. The van der Waals surface area contributed by atoms with Crippen LogP contribution in [0.25, 0.3) is 0 Å². The zero-order valence-corrected chi connectivity index (χ0v) is 25.7. The van der Waals surface area contributed by atoms with Gasteiger partial charge >= 0.3 is 12.2 Å². The zero-order valence-electron chi connectivity index (χ0n) is 25.7. The van der Waals surface area contributed by atoms with Gasteiger partial charge in [-0.15, -0.1) is 0 Å². The molecule has 4 rings (SSSR count). The molecule has 2 amide bonds. The van der Waals surface area contributed by atoms with Gasteiger partial charge in [-0.05, 0) is 52.7 Å². The highest BCUT2D eigenvalue weighted by Crippen LogP contribution is 2.17. The summed E-state index contributed by atoms with van der Waals surface area (Å²) in [5.74, 6) is 0. The molecule has 4 N–H and O–H groups in total.